The molecule has 9 nitrogen and oxygen atoms in total. The van der Waals surface area contributed by atoms with E-state index >= 15 is 0 Å². The zero-order valence-electron chi connectivity index (χ0n) is 14.6. The summed E-state index contributed by atoms with van der Waals surface area (Å²) in [5.74, 6) is -1.12. The highest BCUT2D eigenvalue weighted by Crippen LogP contribution is 2.21. The Morgan fingerprint density at radius 2 is 1.43 bits per heavy atom. The molecule has 3 rings (SSSR count). The van der Waals surface area contributed by atoms with E-state index in [0.717, 1.165) is 0 Å². The van der Waals surface area contributed by atoms with Crippen LogP contribution in [-0.4, -0.2) is 58.5 Å². The van der Waals surface area contributed by atoms with E-state index in [1.165, 1.54) is 52.8 Å². The predicted molar refractivity (Wildman–Crippen MR) is 100 cm³/mol. The Kier molecular flexibility index (Phi) is 5.70. The SMILES string of the molecule is O=C(O)c1ccc(NS(=O)(=O)c2ccc(S(=O)(=O)N3CCOCC3)cc2)cc1. The number of carbonyl (C=O) groups is 1. The van der Waals surface area contributed by atoms with Gasteiger partial charge in [-0.25, -0.2) is 21.6 Å². The Labute approximate surface area is 162 Å². The number of carboxylic acid groups (broad SMARTS) is 1. The second-order valence-corrected chi connectivity index (χ2v) is 9.60. The molecule has 1 saturated heterocycles. The number of nitrogens with one attached hydrogen (secondary N) is 1. The fourth-order valence-electron chi connectivity index (χ4n) is 2.62. The van der Waals surface area contributed by atoms with Crippen LogP contribution in [-0.2, 0) is 24.8 Å². The van der Waals surface area contributed by atoms with Gasteiger partial charge in [0.2, 0.25) is 10.0 Å². The van der Waals surface area contributed by atoms with Gasteiger partial charge in [-0.15, -0.1) is 0 Å². The molecule has 1 fully saturated rings. The van der Waals surface area contributed by atoms with Gasteiger partial charge in [-0.3, -0.25) is 4.72 Å². The molecule has 2 aromatic carbocycles. The maximum atomic E-state index is 12.6. The van der Waals surface area contributed by atoms with Crippen molar-refractivity contribution in [3.63, 3.8) is 0 Å². The second-order valence-electron chi connectivity index (χ2n) is 5.98. The normalized spacial score (nSPS) is 15.9. The van der Waals surface area contributed by atoms with E-state index in [4.69, 9.17) is 9.84 Å². The fraction of sp³-hybridized carbons (Fsp3) is 0.235. The van der Waals surface area contributed by atoms with Gasteiger partial charge in [0.25, 0.3) is 10.0 Å². The van der Waals surface area contributed by atoms with Crippen LogP contribution < -0.4 is 4.72 Å². The van der Waals surface area contributed by atoms with Crippen LogP contribution >= 0.6 is 0 Å². The van der Waals surface area contributed by atoms with Crippen molar-refractivity contribution in [1.82, 2.24) is 4.31 Å². The minimum absolute atomic E-state index is 0.000777. The Morgan fingerprint density at radius 3 is 1.96 bits per heavy atom. The fourth-order valence-corrected chi connectivity index (χ4v) is 5.09. The molecule has 2 N–H and O–H groups in total. The van der Waals surface area contributed by atoms with Gasteiger partial charge in [0.05, 0.1) is 28.6 Å². The number of carboxylic acids is 1. The first-order valence-electron chi connectivity index (χ1n) is 8.24. The highest BCUT2D eigenvalue weighted by atomic mass is 32.2. The first-order valence-corrected chi connectivity index (χ1v) is 11.2. The van der Waals surface area contributed by atoms with Gasteiger partial charge in [0.1, 0.15) is 0 Å². The Bertz CT molecular complexity index is 1060. The lowest BCUT2D eigenvalue weighted by Gasteiger charge is -2.26. The number of anilines is 1. The Morgan fingerprint density at radius 1 is 0.893 bits per heavy atom. The minimum atomic E-state index is -3.96. The number of benzene rings is 2. The van der Waals surface area contributed by atoms with Crippen LogP contribution in [0, 0.1) is 0 Å². The summed E-state index contributed by atoms with van der Waals surface area (Å²) < 4.78 is 58.9. The van der Waals surface area contributed by atoms with Gasteiger partial charge >= 0.3 is 5.97 Å². The van der Waals surface area contributed by atoms with Crippen molar-refractivity contribution < 1.29 is 31.5 Å². The van der Waals surface area contributed by atoms with E-state index in [1.807, 2.05) is 0 Å². The van der Waals surface area contributed by atoms with Gasteiger partial charge in [-0.1, -0.05) is 0 Å². The Balaban J connectivity index is 1.78. The summed E-state index contributed by atoms with van der Waals surface area (Å²) in [6, 6.07) is 10.1. The summed E-state index contributed by atoms with van der Waals surface area (Å²) in [5.41, 5.74) is 0.218. The monoisotopic (exact) mass is 426 g/mol. The van der Waals surface area contributed by atoms with E-state index < -0.39 is 26.0 Å². The number of sulfonamides is 2. The number of ether oxygens (including phenoxy) is 1. The standard InChI is InChI=1S/C17H18N2O7S2/c20-17(21)13-1-3-14(4-2-13)18-27(22,23)15-5-7-16(8-6-15)28(24,25)19-9-11-26-12-10-19/h1-8,18H,9-12H2,(H,20,21). The van der Waals surface area contributed by atoms with E-state index in [1.54, 1.807) is 0 Å². The minimum Gasteiger partial charge on any atom is -0.478 e. The maximum absolute atomic E-state index is 12.6. The van der Waals surface area contributed by atoms with E-state index in [9.17, 15) is 21.6 Å². The lowest BCUT2D eigenvalue weighted by atomic mass is 10.2. The molecule has 28 heavy (non-hydrogen) atoms. The van der Waals surface area contributed by atoms with Crippen LogP contribution in [0.1, 0.15) is 10.4 Å². The molecule has 1 aliphatic heterocycles. The number of hydrogen-bond acceptors (Lipinski definition) is 6. The zero-order valence-corrected chi connectivity index (χ0v) is 16.2. The van der Waals surface area contributed by atoms with Crippen LogP contribution in [0.3, 0.4) is 0 Å². The van der Waals surface area contributed by atoms with Crippen molar-refractivity contribution in [2.45, 2.75) is 9.79 Å². The second kappa shape index (κ2) is 7.87. The van der Waals surface area contributed by atoms with Crippen LogP contribution in [0.25, 0.3) is 0 Å². The summed E-state index contributed by atoms with van der Waals surface area (Å²) in [7, 11) is -7.67. The van der Waals surface area contributed by atoms with Crippen molar-refractivity contribution in [2.75, 3.05) is 31.0 Å². The molecule has 1 aliphatic rings. The molecule has 0 aromatic heterocycles. The van der Waals surface area contributed by atoms with Gasteiger partial charge in [0.15, 0.2) is 0 Å². The van der Waals surface area contributed by atoms with E-state index in [2.05, 4.69) is 4.72 Å². The smallest absolute Gasteiger partial charge is 0.335 e. The molecule has 0 amide bonds. The summed E-state index contributed by atoms with van der Waals surface area (Å²) in [4.78, 5) is 10.7. The Hall–Kier alpha value is -2.47. The molecule has 0 bridgehead atoms. The first kappa shape index (κ1) is 20.3. The largest absolute Gasteiger partial charge is 0.478 e. The van der Waals surface area contributed by atoms with Crippen molar-refractivity contribution in [2.24, 2.45) is 0 Å². The van der Waals surface area contributed by atoms with Gasteiger partial charge < -0.3 is 9.84 Å². The quantitative estimate of drug-likeness (QED) is 0.710. The molecular formula is C17H18N2O7S2. The molecule has 0 radical (unpaired) electrons. The van der Waals surface area contributed by atoms with Crippen molar-refractivity contribution >= 4 is 31.7 Å². The third-order valence-electron chi connectivity index (χ3n) is 4.13. The third-order valence-corrected chi connectivity index (χ3v) is 7.44. The molecule has 2 aromatic rings. The first-order chi connectivity index (χ1) is 13.2. The van der Waals surface area contributed by atoms with E-state index in [-0.39, 0.29) is 34.1 Å². The van der Waals surface area contributed by atoms with E-state index in [0.29, 0.717) is 13.2 Å². The molecule has 0 saturated carbocycles. The maximum Gasteiger partial charge on any atom is 0.335 e. The molecule has 0 atom stereocenters. The summed E-state index contributed by atoms with van der Waals surface area (Å²) >= 11 is 0. The summed E-state index contributed by atoms with van der Waals surface area (Å²) in [5, 5.41) is 8.87. The highest BCUT2D eigenvalue weighted by Gasteiger charge is 2.26. The van der Waals surface area contributed by atoms with Gasteiger partial charge in [0, 0.05) is 18.8 Å². The zero-order chi connectivity index (χ0) is 20.4. The topological polar surface area (TPSA) is 130 Å². The van der Waals surface area contributed by atoms with Crippen molar-refractivity contribution in [3.05, 3.63) is 54.1 Å². The predicted octanol–water partition coefficient (Wildman–Crippen LogP) is 1.21. The number of aromatic carboxylic acids is 1. The van der Waals surface area contributed by atoms with Crippen LogP contribution in [0.2, 0.25) is 0 Å². The lowest BCUT2D eigenvalue weighted by molar-refractivity contribution is 0.0697. The molecule has 11 heteroatoms. The lowest BCUT2D eigenvalue weighted by Crippen LogP contribution is -2.40. The molecule has 0 spiro atoms. The molecule has 0 unspecified atom stereocenters. The van der Waals surface area contributed by atoms with Crippen LogP contribution in [0.4, 0.5) is 5.69 Å². The van der Waals surface area contributed by atoms with Gasteiger partial charge in [-0.2, -0.15) is 4.31 Å². The number of morpholine rings is 1. The number of rotatable bonds is 6. The van der Waals surface area contributed by atoms with Crippen molar-refractivity contribution in [1.29, 1.82) is 0 Å². The number of nitrogens with zero attached hydrogens (tertiary/aromatic N) is 1. The van der Waals surface area contributed by atoms with Crippen LogP contribution in [0.15, 0.2) is 58.3 Å². The molecule has 1 heterocycles. The summed E-state index contributed by atoms with van der Waals surface area (Å²) in [6.45, 7) is 1.12. The van der Waals surface area contributed by atoms with Crippen molar-refractivity contribution in [3.8, 4) is 0 Å². The molecular weight excluding hydrogens is 408 g/mol. The summed E-state index contributed by atoms with van der Waals surface area (Å²) in [6.07, 6.45) is 0. The van der Waals surface area contributed by atoms with Gasteiger partial charge in [-0.05, 0) is 48.5 Å². The molecule has 150 valence electrons. The third kappa shape index (κ3) is 4.33. The highest BCUT2D eigenvalue weighted by molar-refractivity contribution is 7.92. The average molecular weight is 426 g/mol. The van der Waals surface area contributed by atoms with Crippen LogP contribution in [0.5, 0.6) is 0 Å². The number of hydrogen-bond donors (Lipinski definition) is 2. The molecule has 0 aliphatic carbocycles. The average Bonchev–Trinajstić information content (AvgIpc) is 2.69.